The first-order chi connectivity index (χ1) is 8.86. The summed E-state index contributed by atoms with van der Waals surface area (Å²) in [4.78, 5) is 4.57. The summed E-state index contributed by atoms with van der Waals surface area (Å²) >= 11 is 0. The van der Waals surface area contributed by atoms with Crippen molar-refractivity contribution in [2.45, 2.75) is 32.2 Å². The van der Waals surface area contributed by atoms with Gasteiger partial charge in [-0.15, -0.1) is 0 Å². The van der Waals surface area contributed by atoms with Crippen LogP contribution in [0.3, 0.4) is 0 Å². The Morgan fingerprint density at radius 1 is 1.33 bits per heavy atom. The molecule has 2 unspecified atom stereocenters. The van der Waals surface area contributed by atoms with Gasteiger partial charge >= 0.3 is 0 Å². The zero-order chi connectivity index (χ0) is 12.4. The molecule has 18 heavy (non-hydrogen) atoms. The van der Waals surface area contributed by atoms with Crippen molar-refractivity contribution in [2.75, 3.05) is 6.54 Å². The molecule has 1 aliphatic rings. The van der Waals surface area contributed by atoms with Crippen LogP contribution in [-0.4, -0.2) is 11.5 Å². The van der Waals surface area contributed by atoms with E-state index in [0.29, 0.717) is 6.04 Å². The zero-order valence-corrected chi connectivity index (χ0v) is 10.9. The molecule has 94 valence electrons. The van der Waals surface area contributed by atoms with Crippen LogP contribution in [0.5, 0.6) is 0 Å². The van der Waals surface area contributed by atoms with Crippen LogP contribution in [0.15, 0.2) is 36.5 Å². The summed E-state index contributed by atoms with van der Waals surface area (Å²) in [5.74, 6) is 0.864. The number of para-hydroxylation sites is 1. The van der Waals surface area contributed by atoms with E-state index >= 15 is 0 Å². The Morgan fingerprint density at radius 3 is 3.11 bits per heavy atom. The number of nitrogens with one attached hydrogen (secondary N) is 1. The van der Waals surface area contributed by atoms with Gasteiger partial charge in [0, 0.05) is 17.6 Å². The number of aromatic nitrogens is 1. The Labute approximate surface area is 108 Å². The Hall–Kier alpha value is -1.41. The second-order valence-electron chi connectivity index (χ2n) is 5.27. The van der Waals surface area contributed by atoms with Crippen molar-refractivity contribution >= 4 is 10.9 Å². The first kappa shape index (κ1) is 11.7. The number of fused-ring (bicyclic) bond motifs is 1. The van der Waals surface area contributed by atoms with Crippen LogP contribution in [0.1, 0.15) is 37.8 Å². The third kappa shape index (κ3) is 2.25. The maximum atomic E-state index is 4.57. The standard InChI is InChI=1S/C16H20N2/c1-2-12-7-8-17-16(9-12)14-10-13-5-3-4-6-15(13)18-11-14/h3-6,10-12,16-17H,2,7-9H2,1H3. The Bertz CT molecular complexity index is 535. The molecule has 2 heteroatoms. The second-order valence-corrected chi connectivity index (χ2v) is 5.27. The van der Waals surface area contributed by atoms with Crippen molar-refractivity contribution in [3.63, 3.8) is 0 Å². The van der Waals surface area contributed by atoms with Crippen LogP contribution >= 0.6 is 0 Å². The maximum Gasteiger partial charge on any atom is 0.0702 e. The molecule has 2 nitrogen and oxygen atoms in total. The van der Waals surface area contributed by atoms with Crippen molar-refractivity contribution in [3.8, 4) is 0 Å². The molecule has 0 saturated carbocycles. The van der Waals surface area contributed by atoms with Crippen LogP contribution in [0.4, 0.5) is 0 Å². The quantitative estimate of drug-likeness (QED) is 0.866. The van der Waals surface area contributed by atoms with Gasteiger partial charge in [0.25, 0.3) is 0 Å². The monoisotopic (exact) mass is 240 g/mol. The zero-order valence-electron chi connectivity index (χ0n) is 10.9. The first-order valence-corrected chi connectivity index (χ1v) is 6.95. The van der Waals surface area contributed by atoms with Gasteiger partial charge in [0.15, 0.2) is 0 Å². The van der Waals surface area contributed by atoms with E-state index in [1.165, 1.54) is 30.2 Å². The summed E-state index contributed by atoms with van der Waals surface area (Å²) in [5, 5.41) is 4.87. The molecule has 0 spiro atoms. The van der Waals surface area contributed by atoms with Gasteiger partial charge in [0.05, 0.1) is 5.52 Å². The largest absolute Gasteiger partial charge is 0.310 e. The van der Waals surface area contributed by atoms with Gasteiger partial charge in [-0.25, -0.2) is 0 Å². The SMILES string of the molecule is CCC1CCNC(c2cnc3ccccc3c2)C1. The Kier molecular flexibility index (Phi) is 3.28. The van der Waals surface area contributed by atoms with E-state index in [1.807, 2.05) is 12.3 Å². The van der Waals surface area contributed by atoms with Gasteiger partial charge in [0.1, 0.15) is 0 Å². The normalized spacial score (nSPS) is 24.3. The molecule has 0 radical (unpaired) electrons. The van der Waals surface area contributed by atoms with Gasteiger partial charge < -0.3 is 5.32 Å². The molecule has 1 N–H and O–H groups in total. The average Bonchev–Trinajstić information content (AvgIpc) is 2.47. The number of rotatable bonds is 2. The van der Waals surface area contributed by atoms with Crippen LogP contribution in [-0.2, 0) is 0 Å². The van der Waals surface area contributed by atoms with Crippen molar-refractivity contribution in [1.82, 2.24) is 10.3 Å². The molecule has 0 aliphatic carbocycles. The number of nitrogens with zero attached hydrogens (tertiary/aromatic N) is 1. The van der Waals surface area contributed by atoms with E-state index in [9.17, 15) is 0 Å². The van der Waals surface area contributed by atoms with Crippen LogP contribution in [0.2, 0.25) is 0 Å². The number of hydrogen-bond donors (Lipinski definition) is 1. The lowest BCUT2D eigenvalue weighted by Gasteiger charge is -2.30. The van der Waals surface area contributed by atoms with Crippen molar-refractivity contribution < 1.29 is 0 Å². The molecule has 3 rings (SSSR count). The molecule has 2 heterocycles. The van der Waals surface area contributed by atoms with Crippen LogP contribution < -0.4 is 5.32 Å². The lowest BCUT2D eigenvalue weighted by Crippen LogP contribution is -2.31. The minimum Gasteiger partial charge on any atom is -0.310 e. The molecule has 0 amide bonds. The average molecular weight is 240 g/mol. The van der Waals surface area contributed by atoms with Gasteiger partial charge in [-0.1, -0.05) is 31.5 Å². The summed E-state index contributed by atoms with van der Waals surface area (Å²) in [6, 6.07) is 11.1. The topological polar surface area (TPSA) is 24.9 Å². The van der Waals surface area contributed by atoms with Crippen molar-refractivity contribution in [1.29, 1.82) is 0 Å². The molecular formula is C16H20N2. The predicted octanol–water partition coefficient (Wildman–Crippen LogP) is 3.69. The molecular weight excluding hydrogens is 220 g/mol. The molecule has 0 bridgehead atoms. The molecule has 1 fully saturated rings. The Balaban J connectivity index is 1.89. The molecule has 1 saturated heterocycles. The van der Waals surface area contributed by atoms with Gasteiger partial charge in [-0.2, -0.15) is 0 Å². The van der Waals surface area contributed by atoms with Gasteiger partial charge in [0.2, 0.25) is 0 Å². The van der Waals surface area contributed by atoms with Crippen molar-refractivity contribution in [2.24, 2.45) is 5.92 Å². The maximum absolute atomic E-state index is 4.57. The lowest BCUT2D eigenvalue weighted by molar-refractivity contribution is 0.299. The smallest absolute Gasteiger partial charge is 0.0702 e. The lowest BCUT2D eigenvalue weighted by atomic mass is 9.87. The second kappa shape index (κ2) is 5.07. The van der Waals surface area contributed by atoms with Crippen LogP contribution in [0.25, 0.3) is 10.9 Å². The van der Waals surface area contributed by atoms with E-state index in [4.69, 9.17) is 0 Å². The highest BCUT2D eigenvalue weighted by atomic mass is 14.9. The molecule has 2 atom stereocenters. The minimum atomic E-state index is 0.487. The highest BCUT2D eigenvalue weighted by molar-refractivity contribution is 5.78. The fourth-order valence-electron chi connectivity index (χ4n) is 2.90. The van der Waals surface area contributed by atoms with E-state index in [2.05, 4.69) is 41.5 Å². The van der Waals surface area contributed by atoms with Gasteiger partial charge in [-0.05, 0) is 43.0 Å². The summed E-state index contributed by atoms with van der Waals surface area (Å²) in [5.41, 5.74) is 2.43. The van der Waals surface area contributed by atoms with E-state index < -0.39 is 0 Å². The molecule has 1 aliphatic heterocycles. The number of benzene rings is 1. The van der Waals surface area contributed by atoms with E-state index in [-0.39, 0.29) is 0 Å². The summed E-state index contributed by atoms with van der Waals surface area (Å²) in [6.07, 6.45) is 5.89. The highest BCUT2D eigenvalue weighted by Crippen LogP contribution is 2.29. The third-order valence-electron chi connectivity index (χ3n) is 4.10. The molecule has 1 aromatic heterocycles. The fraction of sp³-hybridized carbons (Fsp3) is 0.438. The first-order valence-electron chi connectivity index (χ1n) is 6.95. The predicted molar refractivity (Wildman–Crippen MR) is 75.5 cm³/mol. The number of hydrogen-bond acceptors (Lipinski definition) is 2. The van der Waals surface area contributed by atoms with Crippen LogP contribution in [0, 0.1) is 5.92 Å². The number of piperidine rings is 1. The minimum absolute atomic E-state index is 0.487. The van der Waals surface area contributed by atoms with E-state index in [1.54, 1.807) is 0 Å². The molecule has 2 aromatic rings. The summed E-state index contributed by atoms with van der Waals surface area (Å²) in [7, 11) is 0. The summed E-state index contributed by atoms with van der Waals surface area (Å²) < 4.78 is 0. The fourth-order valence-corrected chi connectivity index (χ4v) is 2.90. The third-order valence-corrected chi connectivity index (χ3v) is 4.10. The Morgan fingerprint density at radius 2 is 2.22 bits per heavy atom. The highest BCUT2D eigenvalue weighted by Gasteiger charge is 2.21. The summed E-state index contributed by atoms with van der Waals surface area (Å²) in [6.45, 7) is 3.43. The van der Waals surface area contributed by atoms with Gasteiger partial charge in [-0.3, -0.25) is 4.98 Å². The van der Waals surface area contributed by atoms with E-state index in [0.717, 1.165) is 18.0 Å². The molecule has 1 aromatic carbocycles. The van der Waals surface area contributed by atoms with Crippen molar-refractivity contribution in [3.05, 3.63) is 42.1 Å². The number of pyridine rings is 1.